The molecule has 138 valence electrons. The third-order valence-corrected chi connectivity index (χ3v) is 4.32. The molecule has 0 saturated heterocycles. The van der Waals surface area contributed by atoms with E-state index in [1.165, 1.54) is 0 Å². The zero-order valence-corrected chi connectivity index (χ0v) is 15.5. The summed E-state index contributed by atoms with van der Waals surface area (Å²) in [6.07, 6.45) is 3.48. The van der Waals surface area contributed by atoms with Gasteiger partial charge >= 0.3 is 0 Å². The molecule has 27 heavy (non-hydrogen) atoms. The molecule has 2 N–H and O–H groups in total. The van der Waals surface area contributed by atoms with Gasteiger partial charge in [-0.1, -0.05) is 41.9 Å². The van der Waals surface area contributed by atoms with E-state index in [1.807, 2.05) is 36.0 Å². The number of carbonyl (C=O) groups is 2. The largest absolute Gasteiger partial charge is 0.343 e. The maximum Gasteiger partial charge on any atom is 0.251 e. The summed E-state index contributed by atoms with van der Waals surface area (Å²) in [6.45, 7) is -0.137. The van der Waals surface area contributed by atoms with Gasteiger partial charge in [0.2, 0.25) is 5.91 Å². The van der Waals surface area contributed by atoms with E-state index >= 15 is 0 Å². The van der Waals surface area contributed by atoms with Gasteiger partial charge < -0.3 is 15.2 Å². The highest BCUT2D eigenvalue weighted by atomic mass is 35.5. The minimum absolute atomic E-state index is 0.137. The molecule has 2 aromatic carbocycles. The fourth-order valence-corrected chi connectivity index (χ4v) is 2.80. The molecule has 0 aliphatic carbocycles. The molecule has 6 nitrogen and oxygen atoms in total. The van der Waals surface area contributed by atoms with E-state index in [2.05, 4.69) is 15.6 Å². The van der Waals surface area contributed by atoms with Crippen molar-refractivity contribution in [1.82, 2.24) is 20.2 Å². The Morgan fingerprint density at radius 1 is 1.11 bits per heavy atom. The van der Waals surface area contributed by atoms with Crippen molar-refractivity contribution < 1.29 is 9.59 Å². The number of rotatable bonds is 6. The van der Waals surface area contributed by atoms with Crippen LogP contribution in [-0.2, 0) is 11.8 Å². The first-order valence-electron chi connectivity index (χ1n) is 8.40. The average molecular weight is 383 g/mol. The molecule has 0 unspecified atom stereocenters. The third kappa shape index (κ3) is 4.74. The Bertz CT molecular complexity index is 923. The third-order valence-electron chi connectivity index (χ3n) is 4.07. The van der Waals surface area contributed by atoms with E-state index in [4.69, 9.17) is 11.6 Å². The zero-order chi connectivity index (χ0) is 19.2. The van der Waals surface area contributed by atoms with Crippen LogP contribution in [0.5, 0.6) is 0 Å². The number of aromatic nitrogens is 2. The summed E-state index contributed by atoms with van der Waals surface area (Å²) in [6, 6.07) is 15.5. The number of nitrogens with one attached hydrogen (secondary N) is 2. The molecule has 1 atom stereocenters. The Kier molecular flexibility index (Phi) is 5.88. The van der Waals surface area contributed by atoms with Gasteiger partial charge in [-0.05, 0) is 29.8 Å². The molecule has 0 fully saturated rings. The second-order valence-electron chi connectivity index (χ2n) is 6.00. The van der Waals surface area contributed by atoms with E-state index in [0.29, 0.717) is 16.4 Å². The van der Waals surface area contributed by atoms with Crippen molar-refractivity contribution >= 4 is 23.4 Å². The summed E-state index contributed by atoms with van der Waals surface area (Å²) in [5.41, 5.74) is 1.35. The number of hydrogen-bond donors (Lipinski definition) is 2. The second kappa shape index (κ2) is 8.51. The Balaban J connectivity index is 1.70. The molecule has 0 radical (unpaired) electrons. The van der Waals surface area contributed by atoms with Gasteiger partial charge in [0.25, 0.3) is 5.91 Å². The minimum Gasteiger partial charge on any atom is -0.343 e. The Labute approximate surface area is 162 Å². The number of imidazole rings is 1. The molecule has 3 rings (SSSR count). The smallest absolute Gasteiger partial charge is 0.251 e. The van der Waals surface area contributed by atoms with Crippen molar-refractivity contribution in [1.29, 1.82) is 0 Å². The number of nitrogens with zero attached hydrogens (tertiary/aromatic N) is 2. The highest BCUT2D eigenvalue weighted by Crippen LogP contribution is 2.22. The van der Waals surface area contributed by atoms with E-state index in [0.717, 1.165) is 5.56 Å². The van der Waals surface area contributed by atoms with E-state index in [9.17, 15) is 9.59 Å². The van der Waals surface area contributed by atoms with Crippen molar-refractivity contribution in [2.24, 2.45) is 7.05 Å². The second-order valence-corrected chi connectivity index (χ2v) is 6.43. The average Bonchev–Trinajstić information content (AvgIpc) is 3.11. The number of hydrogen-bond acceptors (Lipinski definition) is 3. The van der Waals surface area contributed by atoms with Crippen LogP contribution < -0.4 is 10.6 Å². The molecule has 2 amide bonds. The van der Waals surface area contributed by atoms with Gasteiger partial charge in [-0.2, -0.15) is 0 Å². The lowest BCUT2D eigenvalue weighted by Gasteiger charge is -2.19. The van der Waals surface area contributed by atoms with Gasteiger partial charge in [0, 0.05) is 30.0 Å². The van der Waals surface area contributed by atoms with Crippen molar-refractivity contribution in [3.63, 3.8) is 0 Å². The van der Waals surface area contributed by atoms with Gasteiger partial charge in [0.05, 0.1) is 6.54 Å². The van der Waals surface area contributed by atoms with Crippen molar-refractivity contribution in [3.05, 3.63) is 89.0 Å². The molecular formula is C20H19ClN4O2. The topological polar surface area (TPSA) is 76.0 Å². The van der Waals surface area contributed by atoms with E-state index < -0.39 is 6.04 Å². The predicted octanol–water partition coefficient (Wildman–Crippen LogP) is 2.71. The summed E-state index contributed by atoms with van der Waals surface area (Å²) < 4.78 is 1.84. The fourth-order valence-electron chi connectivity index (χ4n) is 2.67. The lowest BCUT2D eigenvalue weighted by atomic mass is 10.1. The number of halogens is 1. The molecule has 0 bridgehead atoms. The van der Waals surface area contributed by atoms with Crippen LogP contribution >= 0.6 is 11.6 Å². The molecule has 0 aliphatic heterocycles. The maximum absolute atomic E-state index is 12.4. The molecule has 0 aliphatic rings. The molecule has 7 heteroatoms. The normalized spacial score (nSPS) is 11.6. The quantitative estimate of drug-likeness (QED) is 0.688. The lowest BCUT2D eigenvalue weighted by molar-refractivity contribution is -0.120. The van der Waals surface area contributed by atoms with E-state index in [1.54, 1.807) is 42.6 Å². The van der Waals surface area contributed by atoms with Crippen LogP contribution in [0.4, 0.5) is 0 Å². The fraction of sp³-hybridized carbons (Fsp3) is 0.150. The number of benzene rings is 2. The number of carbonyl (C=O) groups excluding carboxylic acids is 2. The first kappa shape index (κ1) is 18.7. The SMILES string of the molecule is Cn1ccnc1[C@H](NC(=O)CNC(=O)c1ccccc1)c1ccc(Cl)cc1. The molecule has 1 heterocycles. The highest BCUT2D eigenvalue weighted by molar-refractivity contribution is 6.30. The summed E-state index contributed by atoms with van der Waals surface area (Å²) in [4.78, 5) is 28.9. The highest BCUT2D eigenvalue weighted by Gasteiger charge is 2.21. The summed E-state index contributed by atoms with van der Waals surface area (Å²) in [7, 11) is 1.86. The molecule has 3 aromatic rings. The van der Waals surface area contributed by atoms with Gasteiger partial charge in [0.1, 0.15) is 11.9 Å². The van der Waals surface area contributed by atoms with Gasteiger partial charge in [-0.25, -0.2) is 4.98 Å². The van der Waals surface area contributed by atoms with Gasteiger partial charge in [0.15, 0.2) is 0 Å². The van der Waals surface area contributed by atoms with Crippen LogP contribution in [0.2, 0.25) is 5.02 Å². The Morgan fingerprint density at radius 3 is 2.44 bits per heavy atom. The first-order chi connectivity index (χ1) is 13.0. The Morgan fingerprint density at radius 2 is 1.81 bits per heavy atom. The van der Waals surface area contributed by atoms with Crippen molar-refractivity contribution in [2.45, 2.75) is 6.04 Å². The van der Waals surface area contributed by atoms with Crippen LogP contribution in [0.1, 0.15) is 27.8 Å². The molecule has 1 aromatic heterocycles. The monoisotopic (exact) mass is 382 g/mol. The predicted molar refractivity (Wildman–Crippen MR) is 103 cm³/mol. The van der Waals surface area contributed by atoms with E-state index in [-0.39, 0.29) is 18.4 Å². The molecule has 0 saturated carbocycles. The molecule has 0 spiro atoms. The zero-order valence-electron chi connectivity index (χ0n) is 14.7. The van der Waals surface area contributed by atoms with Gasteiger partial charge in [-0.15, -0.1) is 0 Å². The first-order valence-corrected chi connectivity index (χ1v) is 8.77. The standard InChI is InChI=1S/C20H19ClN4O2/c1-25-12-11-22-19(25)18(14-7-9-16(21)10-8-14)24-17(26)13-23-20(27)15-5-3-2-4-6-15/h2-12,18H,13H2,1H3,(H,23,27)(H,24,26)/t18-/m1/s1. The summed E-state index contributed by atoms with van der Waals surface area (Å²) in [5.74, 6) is 0.0630. The minimum atomic E-state index is -0.455. The lowest BCUT2D eigenvalue weighted by Crippen LogP contribution is -2.39. The molecular weight excluding hydrogens is 364 g/mol. The van der Waals surface area contributed by atoms with Crippen LogP contribution in [-0.4, -0.2) is 27.9 Å². The van der Waals surface area contributed by atoms with Crippen LogP contribution in [0.25, 0.3) is 0 Å². The summed E-state index contributed by atoms with van der Waals surface area (Å²) >= 11 is 5.97. The Hall–Kier alpha value is -3.12. The van der Waals surface area contributed by atoms with Crippen molar-refractivity contribution in [3.8, 4) is 0 Å². The maximum atomic E-state index is 12.4. The number of amides is 2. The van der Waals surface area contributed by atoms with Gasteiger partial charge in [-0.3, -0.25) is 9.59 Å². The van der Waals surface area contributed by atoms with Crippen LogP contribution in [0, 0.1) is 0 Å². The van der Waals surface area contributed by atoms with Crippen molar-refractivity contribution in [2.75, 3.05) is 6.54 Å². The number of aryl methyl sites for hydroxylation is 1. The summed E-state index contributed by atoms with van der Waals surface area (Å²) in [5, 5.41) is 6.16. The van der Waals surface area contributed by atoms with Crippen LogP contribution in [0.3, 0.4) is 0 Å². The van der Waals surface area contributed by atoms with Crippen LogP contribution in [0.15, 0.2) is 67.0 Å².